The number of carbonyl (C=O) groups excluding carboxylic acids is 2. The number of amides is 1. The average Bonchev–Trinajstić information content (AvgIpc) is 3.51. The van der Waals surface area contributed by atoms with Gasteiger partial charge in [-0.3, -0.25) is 4.79 Å². The molecular weight excluding hydrogens is 406 g/mol. The first kappa shape index (κ1) is 22.4. The van der Waals surface area contributed by atoms with Crippen molar-refractivity contribution in [2.75, 3.05) is 20.8 Å². The van der Waals surface area contributed by atoms with Crippen LogP contribution in [0.5, 0.6) is 11.5 Å². The summed E-state index contributed by atoms with van der Waals surface area (Å²) in [6, 6.07) is 0. The first-order valence-electron chi connectivity index (χ1n) is 11.5. The summed E-state index contributed by atoms with van der Waals surface area (Å²) in [6.45, 7) is 5.00. The van der Waals surface area contributed by atoms with Crippen molar-refractivity contribution in [1.82, 2.24) is 5.32 Å². The van der Waals surface area contributed by atoms with Crippen molar-refractivity contribution in [2.24, 2.45) is 17.8 Å². The molecule has 6 heteroatoms. The lowest BCUT2D eigenvalue weighted by Gasteiger charge is -2.18. The summed E-state index contributed by atoms with van der Waals surface area (Å²) in [7, 11) is 3.19. The SMILES string of the molecule is COc1c(C)c2c(c(OC)c1C/C=C(\C)CCC(=O)NC[C@@H]1C[C@H]3C=C[C@@H]1C3)C(=O)OC2. The van der Waals surface area contributed by atoms with Gasteiger partial charge in [-0.05, 0) is 62.8 Å². The van der Waals surface area contributed by atoms with E-state index >= 15 is 0 Å². The van der Waals surface area contributed by atoms with Crippen molar-refractivity contribution in [3.8, 4) is 11.5 Å². The molecule has 0 unspecified atom stereocenters. The second-order valence-corrected chi connectivity index (χ2v) is 9.20. The Labute approximate surface area is 190 Å². The largest absolute Gasteiger partial charge is 0.496 e. The third-order valence-electron chi connectivity index (χ3n) is 7.21. The van der Waals surface area contributed by atoms with Gasteiger partial charge in [0.25, 0.3) is 0 Å². The zero-order valence-corrected chi connectivity index (χ0v) is 19.5. The molecule has 1 aromatic rings. The molecule has 0 aromatic heterocycles. The molecule has 1 heterocycles. The van der Waals surface area contributed by atoms with Gasteiger partial charge in [-0.2, -0.15) is 0 Å². The van der Waals surface area contributed by atoms with Crippen LogP contribution in [0.2, 0.25) is 0 Å². The highest BCUT2D eigenvalue weighted by Gasteiger charge is 2.35. The number of hydrogen-bond donors (Lipinski definition) is 1. The molecule has 2 aliphatic carbocycles. The number of cyclic esters (lactones) is 1. The highest BCUT2D eigenvalue weighted by Crippen LogP contribution is 2.43. The van der Waals surface area contributed by atoms with Gasteiger partial charge in [0.1, 0.15) is 23.7 Å². The molecule has 1 fully saturated rings. The van der Waals surface area contributed by atoms with Crippen LogP contribution in [0.15, 0.2) is 23.8 Å². The Hall–Kier alpha value is -2.76. The summed E-state index contributed by atoms with van der Waals surface area (Å²) in [5, 5.41) is 3.12. The lowest BCUT2D eigenvalue weighted by Crippen LogP contribution is -2.30. The first-order chi connectivity index (χ1) is 15.4. The van der Waals surface area contributed by atoms with E-state index in [1.807, 2.05) is 13.8 Å². The van der Waals surface area contributed by atoms with Crippen LogP contribution in [0.25, 0.3) is 0 Å². The van der Waals surface area contributed by atoms with E-state index in [9.17, 15) is 9.59 Å². The molecule has 1 aliphatic heterocycles. The van der Waals surface area contributed by atoms with Gasteiger partial charge in [-0.15, -0.1) is 0 Å². The molecule has 32 heavy (non-hydrogen) atoms. The molecule has 1 saturated carbocycles. The van der Waals surface area contributed by atoms with Gasteiger partial charge < -0.3 is 19.5 Å². The Morgan fingerprint density at radius 1 is 1.19 bits per heavy atom. The van der Waals surface area contributed by atoms with E-state index in [0.717, 1.165) is 40.5 Å². The maximum Gasteiger partial charge on any atom is 0.342 e. The summed E-state index contributed by atoms with van der Waals surface area (Å²) in [5.41, 5.74) is 4.19. The fourth-order valence-corrected chi connectivity index (χ4v) is 5.39. The van der Waals surface area contributed by atoms with E-state index in [1.165, 1.54) is 12.8 Å². The van der Waals surface area contributed by atoms with Crippen LogP contribution < -0.4 is 14.8 Å². The maximum atomic E-state index is 12.3. The number of fused-ring (bicyclic) bond motifs is 3. The van der Waals surface area contributed by atoms with E-state index in [1.54, 1.807) is 14.2 Å². The van der Waals surface area contributed by atoms with Gasteiger partial charge in [0.2, 0.25) is 5.91 Å². The summed E-state index contributed by atoms with van der Waals surface area (Å²) in [5.74, 6) is 2.97. The second kappa shape index (κ2) is 9.39. The number of nitrogens with one attached hydrogen (secondary N) is 1. The van der Waals surface area contributed by atoms with Gasteiger partial charge in [0, 0.05) is 24.1 Å². The van der Waals surface area contributed by atoms with Crippen molar-refractivity contribution in [2.45, 2.75) is 52.6 Å². The maximum absolute atomic E-state index is 12.3. The summed E-state index contributed by atoms with van der Waals surface area (Å²) in [6.07, 6.45) is 10.9. The van der Waals surface area contributed by atoms with Crippen molar-refractivity contribution in [3.05, 3.63) is 46.1 Å². The Morgan fingerprint density at radius 3 is 2.62 bits per heavy atom. The van der Waals surface area contributed by atoms with E-state index in [0.29, 0.717) is 42.4 Å². The molecular formula is C26H33NO5. The third kappa shape index (κ3) is 4.27. The molecule has 1 aromatic carbocycles. The molecule has 6 nitrogen and oxygen atoms in total. The Kier molecular flexibility index (Phi) is 6.58. The zero-order valence-electron chi connectivity index (χ0n) is 19.5. The molecule has 172 valence electrons. The summed E-state index contributed by atoms with van der Waals surface area (Å²) >= 11 is 0. The number of ether oxygens (including phenoxy) is 3. The zero-order chi connectivity index (χ0) is 22.8. The molecule has 3 atom stereocenters. The molecule has 3 aliphatic rings. The number of allylic oxidation sites excluding steroid dienone is 4. The minimum Gasteiger partial charge on any atom is -0.496 e. The van der Waals surface area contributed by atoms with Gasteiger partial charge in [-0.1, -0.05) is 23.8 Å². The van der Waals surface area contributed by atoms with Crippen LogP contribution in [-0.2, 0) is 22.6 Å². The Morgan fingerprint density at radius 2 is 1.97 bits per heavy atom. The highest BCUT2D eigenvalue weighted by molar-refractivity contribution is 5.98. The summed E-state index contributed by atoms with van der Waals surface area (Å²) in [4.78, 5) is 24.6. The van der Waals surface area contributed by atoms with Crippen LogP contribution >= 0.6 is 0 Å². The smallest absolute Gasteiger partial charge is 0.342 e. The van der Waals surface area contributed by atoms with Crippen LogP contribution in [0.3, 0.4) is 0 Å². The number of methoxy groups -OCH3 is 2. The predicted molar refractivity (Wildman–Crippen MR) is 122 cm³/mol. The lowest BCUT2D eigenvalue weighted by atomic mass is 9.93. The molecule has 1 amide bonds. The van der Waals surface area contributed by atoms with Crippen molar-refractivity contribution < 1.29 is 23.8 Å². The van der Waals surface area contributed by atoms with Gasteiger partial charge in [-0.25, -0.2) is 4.79 Å². The molecule has 2 bridgehead atoms. The van der Waals surface area contributed by atoms with Crippen LogP contribution in [0, 0.1) is 24.7 Å². The van der Waals surface area contributed by atoms with E-state index in [2.05, 4.69) is 23.5 Å². The Bertz CT molecular complexity index is 977. The first-order valence-corrected chi connectivity index (χ1v) is 11.5. The second-order valence-electron chi connectivity index (χ2n) is 9.20. The molecule has 1 N–H and O–H groups in total. The normalized spacial score (nSPS) is 23.3. The molecule has 0 spiro atoms. The minimum atomic E-state index is -0.354. The van der Waals surface area contributed by atoms with Crippen molar-refractivity contribution >= 4 is 11.9 Å². The molecule has 0 radical (unpaired) electrons. The fraction of sp³-hybridized carbons (Fsp3) is 0.538. The Balaban J connectivity index is 1.37. The molecule has 0 saturated heterocycles. The van der Waals surface area contributed by atoms with Crippen molar-refractivity contribution in [1.29, 1.82) is 0 Å². The van der Waals surface area contributed by atoms with Crippen LogP contribution in [0.4, 0.5) is 0 Å². The molecule has 4 rings (SSSR count). The summed E-state index contributed by atoms with van der Waals surface area (Å²) < 4.78 is 16.5. The minimum absolute atomic E-state index is 0.107. The van der Waals surface area contributed by atoms with Gasteiger partial charge in [0.05, 0.1) is 14.2 Å². The number of carbonyl (C=O) groups is 2. The predicted octanol–water partition coefficient (Wildman–Crippen LogP) is 4.28. The third-order valence-corrected chi connectivity index (χ3v) is 7.21. The quantitative estimate of drug-likeness (QED) is 0.459. The highest BCUT2D eigenvalue weighted by atomic mass is 16.5. The lowest BCUT2D eigenvalue weighted by molar-refractivity contribution is -0.121. The topological polar surface area (TPSA) is 73.9 Å². The number of benzene rings is 1. The van der Waals surface area contributed by atoms with Crippen LogP contribution in [0.1, 0.15) is 59.7 Å². The fourth-order valence-electron chi connectivity index (χ4n) is 5.39. The van der Waals surface area contributed by atoms with E-state index < -0.39 is 0 Å². The van der Waals surface area contributed by atoms with Gasteiger partial charge in [0.15, 0.2) is 0 Å². The number of rotatable bonds is 9. The van der Waals surface area contributed by atoms with Crippen molar-refractivity contribution in [3.63, 3.8) is 0 Å². The van der Waals surface area contributed by atoms with E-state index in [4.69, 9.17) is 14.2 Å². The van der Waals surface area contributed by atoms with E-state index in [-0.39, 0.29) is 18.5 Å². The van der Waals surface area contributed by atoms with Crippen LogP contribution in [-0.4, -0.2) is 32.6 Å². The average molecular weight is 440 g/mol. The van der Waals surface area contributed by atoms with Gasteiger partial charge >= 0.3 is 5.97 Å². The monoisotopic (exact) mass is 439 g/mol. The number of esters is 1. The standard InChI is InChI=1S/C26H33NO5/c1-15(6-10-22(28)27-13-19-12-17-7-8-18(19)11-17)5-9-20-24(30-3)16(2)21-14-32-26(29)23(21)25(20)31-4/h5,7-8,17-19H,6,9-14H2,1-4H3,(H,27,28)/b15-5+/t17-,18+,19-/m0/s1. The number of hydrogen-bond acceptors (Lipinski definition) is 5.